The van der Waals surface area contributed by atoms with Crippen molar-refractivity contribution in [2.45, 2.75) is 37.7 Å². The summed E-state index contributed by atoms with van der Waals surface area (Å²) in [5.74, 6) is -0.575. The van der Waals surface area contributed by atoms with E-state index in [2.05, 4.69) is 21.2 Å². The molecular formula is C13H16BrFN2O3. The molecule has 0 radical (unpaired) electrons. The van der Waals surface area contributed by atoms with Crippen molar-refractivity contribution in [2.24, 2.45) is 0 Å². The van der Waals surface area contributed by atoms with Crippen molar-refractivity contribution in [2.75, 3.05) is 11.9 Å². The fourth-order valence-electron chi connectivity index (χ4n) is 2.48. The van der Waals surface area contributed by atoms with Crippen molar-refractivity contribution in [1.29, 1.82) is 0 Å². The Labute approximate surface area is 124 Å². The van der Waals surface area contributed by atoms with Crippen molar-refractivity contribution in [3.63, 3.8) is 0 Å². The lowest BCUT2D eigenvalue weighted by Crippen LogP contribution is -2.38. The third-order valence-electron chi connectivity index (χ3n) is 3.63. The Balaban J connectivity index is 2.16. The van der Waals surface area contributed by atoms with Crippen molar-refractivity contribution in [3.8, 4) is 0 Å². The lowest BCUT2D eigenvalue weighted by atomic mass is 9.85. The van der Waals surface area contributed by atoms with E-state index in [-0.39, 0.29) is 22.4 Å². The van der Waals surface area contributed by atoms with E-state index >= 15 is 0 Å². The van der Waals surface area contributed by atoms with Crippen LogP contribution in [0.1, 0.15) is 32.1 Å². The number of nitrogens with one attached hydrogen (secondary N) is 1. The fraction of sp³-hybridized carbons (Fsp3) is 0.538. The average Bonchev–Trinajstić information content (AvgIpc) is 2.40. The number of halogens is 2. The Bertz CT molecular complexity index is 519. The van der Waals surface area contributed by atoms with Gasteiger partial charge in [-0.05, 0) is 28.8 Å². The standard InChI is InChI=1S/C13H16BrFN2O3/c14-9-6-12(17(19)20)11(7-10(9)15)16-8-13(18)4-2-1-3-5-13/h6-7,16,18H,1-5,8H2. The van der Waals surface area contributed by atoms with E-state index in [1.165, 1.54) is 0 Å². The number of aliphatic hydroxyl groups is 1. The highest BCUT2D eigenvalue weighted by molar-refractivity contribution is 9.10. The Hall–Kier alpha value is -1.21. The molecule has 0 spiro atoms. The molecule has 0 heterocycles. The van der Waals surface area contributed by atoms with Crippen LogP contribution in [0.5, 0.6) is 0 Å². The molecule has 0 aromatic heterocycles. The minimum Gasteiger partial charge on any atom is -0.388 e. The molecule has 1 aliphatic rings. The maximum atomic E-state index is 13.5. The van der Waals surface area contributed by atoms with E-state index in [0.717, 1.165) is 31.4 Å². The maximum absolute atomic E-state index is 13.5. The Morgan fingerprint density at radius 1 is 1.40 bits per heavy atom. The Kier molecular flexibility index (Phi) is 4.59. The molecule has 1 aliphatic carbocycles. The van der Waals surface area contributed by atoms with Gasteiger partial charge in [0.15, 0.2) is 0 Å². The van der Waals surface area contributed by atoms with E-state index in [4.69, 9.17) is 0 Å². The normalized spacial score (nSPS) is 17.8. The van der Waals surface area contributed by atoms with Gasteiger partial charge in [-0.25, -0.2) is 4.39 Å². The quantitative estimate of drug-likeness (QED) is 0.645. The molecular weight excluding hydrogens is 331 g/mol. The average molecular weight is 347 g/mol. The molecule has 0 atom stereocenters. The summed E-state index contributed by atoms with van der Waals surface area (Å²) in [4.78, 5) is 10.4. The zero-order valence-corrected chi connectivity index (χ0v) is 12.5. The summed E-state index contributed by atoms with van der Waals surface area (Å²) in [6.45, 7) is 0.189. The molecule has 5 nitrogen and oxygen atoms in total. The summed E-state index contributed by atoms with van der Waals surface area (Å²) in [5, 5.41) is 24.1. The topological polar surface area (TPSA) is 75.4 Å². The summed E-state index contributed by atoms with van der Waals surface area (Å²) in [5.41, 5.74) is -0.984. The number of nitrogens with zero attached hydrogens (tertiary/aromatic N) is 1. The van der Waals surface area contributed by atoms with Gasteiger partial charge in [-0.1, -0.05) is 19.3 Å². The van der Waals surface area contributed by atoms with E-state index < -0.39 is 16.3 Å². The molecule has 2 N–H and O–H groups in total. The fourth-order valence-corrected chi connectivity index (χ4v) is 2.81. The molecule has 20 heavy (non-hydrogen) atoms. The van der Waals surface area contributed by atoms with Gasteiger partial charge >= 0.3 is 0 Å². The van der Waals surface area contributed by atoms with Gasteiger partial charge in [-0.15, -0.1) is 0 Å². The monoisotopic (exact) mass is 346 g/mol. The first-order chi connectivity index (χ1) is 9.41. The smallest absolute Gasteiger partial charge is 0.293 e. The lowest BCUT2D eigenvalue weighted by molar-refractivity contribution is -0.384. The van der Waals surface area contributed by atoms with Gasteiger partial charge in [0.1, 0.15) is 11.5 Å². The largest absolute Gasteiger partial charge is 0.388 e. The van der Waals surface area contributed by atoms with Crippen LogP contribution in [0.15, 0.2) is 16.6 Å². The van der Waals surface area contributed by atoms with Crippen LogP contribution in [0.2, 0.25) is 0 Å². The second kappa shape index (κ2) is 6.05. The number of nitro benzene ring substituents is 1. The zero-order chi connectivity index (χ0) is 14.8. The first kappa shape index (κ1) is 15.2. The van der Waals surface area contributed by atoms with Crippen molar-refractivity contribution >= 4 is 27.3 Å². The minimum atomic E-state index is -0.865. The summed E-state index contributed by atoms with van der Waals surface area (Å²) in [7, 11) is 0. The zero-order valence-electron chi connectivity index (χ0n) is 10.9. The van der Waals surface area contributed by atoms with Gasteiger partial charge in [-0.3, -0.25) is 10.1 Å². The third-order valence-corrected chi connectivity index (χ3v) is 4.24. The number of benzene rings is 1. The highest BCUT2D eigenvalue weighted by Crippen LogP contribution is 2.33. The molecule has 1 saturated carbocycles. The Morgan fingerprint density at radius 3 is 2.65 bits per heavy atom. The second-order valence-electron chi connectivity index (χ2n) is 5.18. The van der Waals surface area contributed by atoms with Crippen LogP contribution in [0.3, 0.4) is 0 Å². The minimum absolute atomic E-state index is 0.0473. The maximum Gasteiger partial charge on any atom is 0.293 e. The number of hydrogen-bond acceptors (Lipinski definition) is 4. The number of anilines is 1. The van der Waals surface area contributed by atoms with Gasteiger partial charge in [0.2, 0.25) is 0 Å². The van der Waals surface area contributed by atoms with Crippen LogP contribution in [0.25, 0.3) is 0 Å². The van der Waals surface area contributed by atoms with Crippen molar-refractivity contribution < 1.29 is 14.4 Å². The van der Waals surface area contributed by atoms with Crippen LogP contribution in [-0.2, 0) is 0 Å². The first-order valence-electron chi connectivity index (χ1n) is 6.51. The number of hydrogen-bond donors (Lipinski definition) is 2. The van der Waals surface area contributed by atoms with E-state index in [1.54, 1.807) is 0 Å². The van der Waals surface area contributed by atoms with E-state index in [1.807, 2.05) is 0 Å². The molecule has 0 bridgehead atoms. The van der Waals surface area contributed by atoms with Crippen molar-refractivity contribution in [1.82, 2.24) is 0 Å². The van der Waals surface area contributed by atoms with Crippen LogP contribution >= 0.6 is 15.9 Å². The summed E-state index contributed by atoms with van der Waals surface area (Å²) >= 11 is 2.93. The van der Waals surface area contributed by atoms with Crippen LogP contribution in [0.4, 0.5) is 15.8 Å². The van der Waals surface area contributed by atoms with E-state index in [0.29, 0.717) is 12.8 Å². The summed E-state index contributed by atoms with van der Waals surface area (Å²) < 4.78 is 13.6. The molecule has 7 heteroatoms. The molecule has 1 fully saturated rings. The number of nitro groups is 1. The molecule has 1 aromatic carbocycles. The molecule has 110 valence electrons. The van der Waals surface area contributed by atoms with Gasteiger partial charge < -0.3 is 10.4 Å². The van der Waals surface area contributed by atoms with Gasteiger partial charge in [-0.2, -0.15) is 0 Å². The molecule has 0 saturated heterocycles. The lowest BCUT2D eigenvalue weighted by Gasteiger charge is -2.32. The Morgan fingerprint density at radius 2 is 2.05 bits per heavy atom. The number of rotatable bonds is 4. The predicted octanol–water partition coefficient (Wildman–Crippen LogP) is 3.60. The third kappa shape index (κ3) is 3.46. The molecule has 2 rings (SSSR count). The van der Waals surface area contributed by atoms with Gasteiger partial charge in [0, 0.05) is 18.7 Å². The molecule has 0 aliphatic heterocycles. The summed E-state index contributed by atoms with van der Waals surface area (Å²) in [6.07, 6.45) is 4.29. The SMILES string of the molecule is O=[N+]([O-])c1cc(Br)c(F)cc1NCC1(O)CCCCC1. The van der Waals surface area contributed by atoms with Crippen LogP contribution in [0, 0.1) is 15.9 Å². The first-order valence-corrected chi connectivity index (χ1v) is 7.30. The predicted molar refractivity (Wildman–Crippen MR) is 77.3 cm³/mol. The van der Waals surface area contributed by atoms with Crippen LogP contribution < -0.4 is 5.32 Å². The molecule has 1 aromatic rings. The highest BCUT2D eigenvalue weighted by atomic mass is 79.9. The highest BCUT2D eigenvalue weighted by Gasteiger charge is 2.30. The van der Waals surface area contributed by atoms with Gasteiger partial charge in [0.05, 0.1) is 15.0 Å². The molecule has 0 unspecified atom stereocenters. The van der Waals surface area contributed by atoms with E-state index in [9.17, 15) is 19.6 Å². The molecule has 0 amide bonds. The van der Waals surface area contributed by atoms with Crippen molar-refractivity contribution in [3.05, 3.63) is 32.5 Å². The second-order valence-corrected chi connectivity index (χ2v) is 6.03. The van der Waals surface area contributed by atoms with Crippen LogP contribution in [-0.4, -0.2) is 22.2 Å². The summed E-state index contributed by atoms with van der Waals surface area (Å²) in [6, 6.07) is 2.21. The van der Waals surface area contributed by atoms with Gasteiger partial charge in [0.25, 0.3) is 5.69 Å².